The summed E-state index contributed by atoms with van der Waals surface area (Å²) < 4.78 is 1.16. The second-order valence-electron chi connectivity index (χ2n) is 3.69. The van der Waals surface area contributed by atoms with Crippen molar-refractivity contribution >= 4 is 26.7 Å². The summed E-state index contributed by atoms with van der Waals surface area (Å²) in [6.07, 6.45) is 2.11. The minimum Gasteiger partial charge on any atom is -0.330 e. The second kappa shape index (κ2) is 4.77. The fourth-order valence-electron chi connectivity index (χ4n) is 1.74. The molecule has 0 radical (unpaired) electrons. The third-order valence-electron chi connectivity index (χ3n) is 2.56. The Kier molecular flexibility index (Phi) is 3.39. The van der Waals surface area contributed by atoms with E-state index in [0.29, 0.717) is 0 Å². The van der Waals surface area contributed by atoms with E-state index in [-0.39, 0.29) is 0 Å². The molecule has 15 heavy (non-hydrogen) atoms. The van der Waals surface area contributed by atoms with E-state index < -0.39 is 0 Å². The molecule has 2 N–H and O–H groups in total. The fraction of sp³-hybridized carbons (Fsp3) is 0.231. The standard InChI is InChI=1S/C13H14BrN/c14-13-5-1-4-11-7-6-10(3-2-8-15)9-12(11)13/h1,4-7,9H,2-3,8,15H2. The van der Waals surface area contributed by atoms with Crippen molar-refractivity contribution in [3.05, 3.63) is 46.4 Å². The maximum absolute atomic E-state index is 5.51. The molecule has 0 unspecified atom stereocenters. The van der Waals surface area contributed by atoms with Crippen LogP contribution < -0.4 is 5.73 Å². The maximum Gasteiger partial charge on any atom is 0.0253 e. The molecule has 0 fully saturated rings. The molecule has 78 valence electrons. The first-order valence-corrected chi connectivity index (χ1v) is 5.98. The van der Waals surface area contributed by atoms with Crippen LogP contribution in [-0.2, 0) is 6.42 Å². The monoisotopic (exact) mass is 263 g/mol. The number of hydrogen-bond donors (Lipinski definition) is 1. The molecule has 2 aromatic rings. The van der Waals surface area contributed by atoms with Crippen LogP contribution in [0.1, 0.15) is 12.0 Å². The minimum absolute atomic E-state index is 0.758. The highest BCUT2D eigenvalue weighted by Gasteiger charge is 1.99. The van der Waals surface area contributed by atoms with Crippen LogP contribution in [0, 0.1) is 0 Å². The van der Waals surface area contributed by atoms with E-state index >= 15 is 0 Å². The van der Waals surface area contributed by atoms with Gasteiger partial charge in [0.15, 0.2) is 0 Å². The highest BCUT2D eigenvalue weighted by atomic mass is 79.9. The first-order chi connectivity index (χ1) is 7.31. The molecule has 2 rings (SSSR count). The van der Waals surface area contributed by atoms with Gasteiger partial charge in [-0.1, -0.05) is 46.3 Å². The zero-order chi connectivity index (χ0) is 10.7. The molecule has 0 atom stereocenters. The van der Waals surface area contributed by atoms with Crippen molar-refractivity contribution in [2.45, 2.75) is 12.8 Å². The minimum atomic E-state index is 0.758. The highest BCUT2D eigenvalue weighted by molar-refractivity contribution is 9.10. The van der Waals surface area contributed by atoms with Crippen LogP contribution in [0.2, 0.25) is 0 Å². The molecule has 0 heterocycles. The number of fused-ring (bicyclic) bond motifs is 1. The van der Waals surface area contributed by atoms with Gasteiger partial charge in [0.25, 0.3) is 0 Å². The van der Waals surface area contributed by atoms with Crippen LogP contribution in [0.25, 0.3) is 10.8 Å². The Balaban J connectivity index is 2.41. The summed E-state index contributed by atoms with van der Waals surface area (Å²) in [6, 6.07) is 12.9. The number of hydrogen-bond acceptors (Lipinski definition) is 1. The van der Waals surface area contributed by atoms with Gasteiger partial charge in [0.05, 0.1) is 0 Å². The van der Waals surface area contributed by atoms with Crippen LogP contribution in [0.4, 0.5) is 0 Å². The van der Waals surface area contributed by atoms with E-state index in [1.165, 1.54) is 16.3 Å². The van der Waals surface area contributed by atoms with Crippen molar-refractivity contribution in [3.8, 4) is 0 Å². The van der Waals surface area contributed by atoms with E-state index in [0.717, 1.165) is 23.9 Å². The summed E-state index contributed by atoms with van der Waals surface area (Å²) in [7, 11) is 0. The third-order valence-corrected chi connectivity index (χ3v) is 3.25. The van der Waals surface area contributed by atoms with Gasteiger partial charge in [-0.15, -0.1) is 0 Å². The lowest BCUT2D eigenvalue weighted by atomic mass is 10.0. The molecule has 2 aromatic carbocycles. The number of aryl methyl sites for hydroxylation is 1. The molecule has 0 bridgehead atoms. The van der Waals surface area contributed by atoms with Gasteiger partial charge in [-0.05, 0) is 41.8 Å². The molecule has 2 heteroatoms. The lowest BCUT2D eigenvalue weighted by molar-refractivity contribution is 0.833. The molecule has 0 aliphatic carbocycles. The summed E-state index contributed by atoms with van der Waals surface area (Å²) in [5.74, 6) is 0. The Morgan fingerprint density at radius 1 is 1.13 bits per heavy atom. The maximum atomic E-state index is 5.51. The molecule has 0 saturated heterocycles. The molecule has 0 amide bonds. The average Bonchev–Trinajstić information content (AvgIpc) is 2.27. The van der Waals surface area contributed by atoms with Crippen molar-refractivity contribution < 1.29 is 0 Å². The molecule has 1 nitrogen and oxygen atoms in total. The Hall–Kier alpha value is -0.860. The molecule has 0 aliphatic rings. The summed E-state index contributed by atoms with van der Waals surface area (Å²) in [5, 5.41) is 2.56. The van der Waals surface area contributed by atoms with E-state index in [1.807, 2.05) is 0 Å². The Labute approximate surface area is 98.4 Å². The van der Waals surface area contributed by atoms with Crippen LogP contribution in [-0.4, -0.2) is 6.54 Å². The summed E-state index contributed by atoms with van der Waals surface area (Å²) in [4.78, 5) is 0. The molecule has 0 spiro atoms. The first kappa shape index (κ1) is 10.7. The number of rotatable bonds is 3. The smallest absolute Gasteiger partial charge is 0.0253 e. The molecular weight excluding hydrogens is 250 g/mol. The topological polar surface area (TPSA) is 26.0 Å². The van der Waals surface area contributed by atoms with Crippen LogP contribution >= 0.6 is 15.9 Å². The van der Waals surface area contributed by atoms with E-state index in [9.17, 15) is 0 Å². The van der Waals surface area contributed by atoms with Gasteiger partial charge in [0, 0.05) is 4.47 Å². The summed E-state index contributed by atoms with van der Waals surface area (Å²) in [5.41, 5.74) is 6.87. The third kappa shape index (κ3) is 2.39. The lowest BCUT2D eigenvalue weighted by Gasteiger charge is -2.04. The molecular formula is C13H14BrN. The van der Waals surface area contributed by atoms with E-state index in [4.69, 9.17) is 5.73 Å². The summed E-state index contributed by atoms with van der Waals surface area (Å²) >= 11 is 3.57. The zero-order valence-electron chi connectivity index (χ0n) is 8.54. The van der Waals surface area contributed by atoms with Gasteiger partial charge in [0.2, 0.25) is 0 Å². The van der Waals surface area contributed by atoms with E-state index in [2.05, 4.69) is 52.3 Å². The fourth-order valence-corrected chi connectivity index (χ4v) is 2.24. The van der Waals surface area contributed by atoms with Crippen molar-refractivity contribution in [3.63, 3.8) is 0 Å². The van der Waals surface area contributed by atoms with Crippen LogP contribution in [0.3, 0.4) is 0 Å². The number of benzene rings is 2. The SMILES string of the molecule is NCCCc1ccc2cccc(Br)c2c1. The van der Waals surface area contributed by atoms with Gasteiger partial charge in [-0.2, -0.15) is 0 Å². The number of halogens is 1. The second-order valence-corrected chi connectivity index (χ2v) is 4.54. The van der Waals surface area contributed by atoms with Gasteiger partial charge >= 0.3 is 0 Å². The molecule has 0 aliphatic heterocycles. The quantitative estimate of drug-likeness (QED) is 0.902. The average molecular weight is 264 g/mol. The van der Waals surface area contributed by atoms with Gasteiger partial charge in [-0.25, -0.2) is 0 Å². The summed E-state index contributed by atoms with van der Waals surface area (Å²) in [6.45, 7) is 0.758. The van der Waals surface area contributed by atoms with E-state index in [1.54, 1.807) is 0 Å². The van der Waals surface area contributed by atoms with Crippen molar-refractivity contribution in [1.82, 2.24) is 0 Å². The van der Waals surface area contributed by atoms with Gasteiger partial charge in [-0.3, -0.25) is 0 Å². The van der Waals surface area contributed by atoms with Gasteiger partial charge in [0.1, 0.15) is 0 Å². The Bertz CT molecular complexity index is 465. The molecule has 0 saturated carbocycles. The number of nitrogens with two attached hydrogens (primary N) is 1. The lowest BCUT2D eigenvalue weighted by Crippen LogP contribution is -2.00. The predicted molar refractivity (Wildman–Crippen MR) is 69.0 cm³/mol. The first-order valence-electron chi connectivity index (χ1n) is 5.18. The van der Waals surface area contributed by atoms with Crippen molar-refractivity contribution in [1.29, 1.82) is 0 Å². The Morgan fingerprint density at radius 2 is 2.00 bits per heavy atom. The van der Waals surface area contributed by atoms with Crippen molar-refractivity contribution in [2.24, 2.45) is 5.73 Å². The largest absolute Gasteiger partial charge is 0.330 e. The normalized spacial score (nSPS) is 10.8. The Morgan fingerprint density at radius 3 is 2.80 bits per heavy atom. The zero-order valence-corrected chi connectivity index (χ0v) is 10.1. The van der Waals surface area contributed by atoms with Crippen molar-refractivity contribution in [2.75, 3.05) is 6.54 Å². The van der Waals surface area contributed by atoms with Crippen LogP contribution in [0.5, 0.6) is 0 Å². The van der Waals surface area contributed by atoms with Gasteiger partial charge < -0.3 is 5.73 Å². The predicted octanol–water partition coefficient (Wildman–Crippen LogP) is 3.49. The highest BCUT2D eigenvalue weighted by Crippen LogP contribution is 2.25. The van der Waals surface area contributed by atoms with Crippen LogP contribution in [0.15, 0.2) is 40.9 Å². The molecule has 0 aromatic heterocycles.